The summed E-state index contributed by atoms with van der Waals surface area (Å²) in [5.41, 5.74) is 0. The summed E-state index contributed by atoms with van der Waals surface area (Å²) >= 11 is -0.639. The molecular formula is C6H13Cl2Mg. The Balaban J connectivity index is 0. The SMILES string of the molecule is [CH2]C(C)CCC.[Cl][Mg][Cl]. The van der Waals surface area contributed by atoms with E-state index in [1.807, 2.05) is 0 Å². The molecule has 1 unspecified atom stereocenters. The van der Waals surface area contributed by atoms with Crippen LogP contribution in [0.2, 0.25) is 0 Å². The summed E-state index contributed by atoms with van der Waals surface area (Å²) in [6, 6.07) is 0. The van der Waals surface area contributed by atoms with Crippen LogP contribution < -0.4 is 0 Å². The monoisotopic (exact) mass is 179 g/mol. The third-order valence-corrected chi connectivity index (χ3v) is 0.781. The second-order valence-electron chi connectivity index (χ2n) is 1.99. The lowest BCUT2D eigenvalue weighted by Crippen LogP contribution is -1.82. The van der Waals surface area contributed by atoms with Crippen LogP contribution in [-0.4, -0.2) is 18.2 Å². The second-order valence-corrected chi connectivity index (χ2v) is 4.62. The third kappa shape index (κ3) is 26.7. The summed E-state index contributed by atoms with van der Waals surface area (Å²) in [5, 5.41) is 0. The Hall–Kier alpha value is 1.35. The molecule has 0 N–H and O–H groups in total. The molecule has 0 saturated heterocycles. The van der Waals surface area contributed by atoms with Crippen LogP contribution in [0.1, 0.15) is 26.7 Å². The first-order chi connectivity index (χ1) is 4.18. The molecule has 0 saturated carbocycles. The quantitative estimate of drug-likeness (QED) is 0.572. The Morgan fingerprint density at radius 1 is 1.56 bits per heavy atom. The van der Waals surface area contributed by atoms with Gasteiger partial charge in [-0.3, -0.25) is 0 Å². The van der Waals surface area contributed by atoms with Crippen LogP contribution in [0.5, 0.6) is 0 Å². The van der Waals surface area contributed by atoms with Crippen molar-refractivity contribution in [3.05, 3.63) is 6.92 Å². The van der Waals surface area contributed by atoms with Crippen LogP contribution in [0, 0.1) is 12.8 Å². The number of hydrogen-bond donors (Lipinski definition) is 0. The van der Waals surface area contributed by atoms with Crippen molar-refractivity contribution >= 4 is 36.3 Å². The smallest absolute Gasteiger partial charge is 0.309 e. The Kier molecular flexibility index (Phi) is 17.4. The minimum absolute atomic E-state index is 0.639. The standard InChI is InChI=1S/C6H13.2ClH.Mg/c1-4-5-6(2)3;;;/h6H,2,4-5H2,1,3H3;2*1H;/q;;;+2/p-2. The highest BCUT2D eigenvalue weighted by molar-refractivity contribution is 7.22. The van der Waals surface area contributed by atoms with Gasteiger partial charge in [-0.25, -0.2) is 0 Å². The van der Waals surface area contributed by atoms with Gasteiger partial charge < -0.3 is 18.1 Å². The predicted molar refractivity (Wildman–Crippen MR) is 46.9 cm³/mol. The van der Waals surface area contributed by atoms with Crippen molar-refractivity contribution in [2.75, 3.05) is 0 Å². The first kappa shape index (κ1) is 13.0. The van der Waals surface area contributed by atoms with Gasteiger partial charge in [0, 0.05) is 0 Å². The van der Waals surface area contributed by atoms with E-state index in [9.17, 15) is 0 Å². The molecule has 9 heavy (non-hydrogen) atoms. The molecular weight excluding hydrogens is 167 g/mol. The molecule has 0 nitrogen and oxygen atoms in total. The van der Waals surface area contributed by atoms with Gasteiger partial charge in [-0.15, -0.1) is 0 Å². The van der Waals surface area contributed by atoms with Crippen molar-refractivity contribution in [3.63, 3.8) is 0 Å². The van der Waals surface area contributed by atoms with Gasteiger partial charge >= 0.3 is 18.2 Å². The fraction of sp³-hybridized carbons (Fsp3) is 0.833. The normalized spacial score (nSPS) is 7.78. The van der Waals surface area contributed by atoms with Gasteiger partial charge in [0.1, 0.15) is 0 Å². The van der Waals surface area contributed by atoms with Crippen LogP contribution in [0.3, 0.4) is 0 Å². The summed E-state index contributed by atoms with van der Waals surface area (Å²) in [6.45, 7) is 8.15. The molecule has 0 aliphatic rings. The molecule has 0 aromatic heterocycles. The van der Waals surface area contributed by atoms with Gasteiger partial charge in [-0.2, -0.15) is 0 Å². The summed E-state index contributed by atoms with van der Waals surface area (Å²) in [6.07, 6.45) is 2.53. The molecule has 0 aromatic rings. The van der Waals surface area contributed by atoms with Crippen molar-refractivity contribution in [2.24, 2.45) is 5.92 Å². The van der Waals surface area contributed by atoms with Crippen LogP contribution in [-0.2, 0) is 0 Å². The van der Waals surface area contributed by atoms with Gasteiger partial charge in [-0.1, -0.05) is 33.6 Å². The molecule has 0 bridgehead atoms. The van der Waals surface area contributed by atoms with E-state index in [0.29, 0.717) is 5.92 Å². The molecule has 3 heteroatoms. The zero-order valence-corrected chi connectivity index (χ0v) is 9.09. The average molecular weight is 180 g/mol. The van der Waals surface area contributed by atoms with Gasteiger partial charge in [-0.05, 0) is 5.92 Å². The molecule has 1 atom stereocenters. The lowest BCUT2D eigenvalue weighted by Gasteiger charge is -1.95. The highest BCUT2D eigenvalue weighted by Crippen LogP contribution is 1.99. The van der Waals surface area contributed by atoms with Crippen LogP contribution in [0.25, 0.3) is 0 Å². The number of halogens is 2. The van der Waals surface area contributed by atoms with Crippen LogP contribution in [0.4, 0.5) is 0 Å². The third-order valence-electron chi connectivity index (χ3n) is 0.781. The van der Waals surface area contributed by atoms with E-state index in [4.69, 9.17) is 18.1 Å². The van der Waals surface area contributed by atoms with E-state index in [0.717, 1.165) is 0 Å². The Bertz CT molecular complexity index is 40.0. The van der Waals surface area contributed by atoms with Crippen molar-refractivity contribution in [1.82, 2.24) is 0 Å². The molecule has 0 amide bonds. The highest BCUT2D eigenvalue weighted by Gasteiger charge is 1.85. The molecule has 0 aliphatic heterocycles. The number of hydrogen-bond acceptors (Lipinski definition) is 0. The van der Waals surface area contributed by atoms with Gasteiger partial charge in [0.15, 0.2) is 0 Å². The van der Waals surface area contributed by atoms with E-state index in [1.165, 1.54) is 12.8 Å². The van der Waals surface area contributed by atoms with E-state index in [1.54, 1.807) is 0 Å². The van der Waals surface area contributed by atoms with Crippen LogP contribution in [0.15, 0.2) is 0 Å². The molecule has 53 valence electrons. The maximum absolute atomic E-state index is 4.90. The highest BCUT2D eigenvalue weighted by atomic mass is 35.6. The van der Waals surface area contributed by atoms with Gasteiger partial charge in [0.2, 0.25) is 0 Å². The average Bonchev–Trinajstić information content (AvgIpc) is 1.67. The van der Waals surface area contributed by atoms with E-state index in [-0.39, 0.29) is 0 Å². The Labute approximate surface area is 75.6 Å². The molecule has 0 aromatic carbocycles. The van der Waals surface area contributed by atoms with E-state index in [2.05, 4.69) is 20.8 Å². The maximum Gasteiger partial charge on any atom is 0.618 e. The molecule has 0 rings (SSSR count). The minimum atomic E-state index is -0.639. The van der Waals surface area contributed by atoms with Crippen molar-refractivity contribution in [1.29, 1.82) is 0 Å². The lowest BCUT2D eigenvalue weighted by molar-refractivity contribution is 0.630. The molecule has 0 fully saturated rings. The topological polar surface area (TPSA) is 0 Å². The fourth-order valence-electron chi connectivity index (χ4n) is 0.493. The fourth-order valence-corrected chi connectivity index (χ4v) is 0.493. The second kappa shape index (κ2) is 12.1. The van der Waals surface area contributed by atoms with Crippen molar-refractivity contribution < 1.29 is 0 Å². The first-order valence-electron chi connectivity index (χ1n) is 3.14. The minimum Gasteiger partial charge on any atom is -0.309 e. The molecule has 0 heterocycles. The first-order valence-corrected chi connectivity index (χ1v) is 7.41. The van der Waals surface area contributed by atoms with Gasteiger partial charge in [0.05, 0.1) is 0 Å². The maximum atomic E-state index is 4.90. The lowest BCUT2D eigenvalue weighted by atomic mass is 10.1. The summed E-state index contributed by atoms with van der Waals surface area (Å²) < 4.78 is 0. The zero-order valence-electron chi connectivity index (χ0n) is 6.16. The molecule has 1 radical (unpaired) electrons. The van der Waals surface area contributed by atoms with E-state index >= 15 is 0 Å². The molecule has 0 aliphatic carbocycles. The van der Waals surface area contributed by atoms with Crippen LogP contribution >= 0.6 is 18.1 Å². The largest absolute Gasteiger partial charge is 0.618 e. The number of rotatable bonds is 2. The summed E-state index contributed by atoms with van der Waals surface area (Å²) in [5.74, 6) is 0.648. The summed E-state index contributed by atoms with van der Waals surface area (Å²) in [4.78, 5) is 0. The van der Waals surface area contributed by atoms with Crippen molar-refractivity contribution in [3.8, 4) is 0 Å². The zero-order chi connectivity index (χ0) is 7.70. The van der Waals surface area contributed by atoms with Crippen molar-refractivity contribution in [2.45, 2.75) is 26.7 Å². The Morgan fingerprint density at radius 2 is 1.89 bits per heavy atom. The summed E-state index contributed by atoms with van der Waals surface area (Å²) in [7, 11) is 9.81. The Morgan fingerprint density at radius 3 is 1.89 bits per heavy atom. The molecule has 0 spiro atoms. The predicted octanol–water partition coefficient (Wildman–Crippen LogP) is 3.25. The van der Waals surface area contributed by atoms with Gasteiger partial charge in [0.25, 0.3) is 0 Å². The van der Waals surface area contributed by atoms with E-state index < -0.39 is 18.2 Å².